The molecule has 200 valence electrons. The van der Waals surface area contributed by atoms with Crippen molar-refractivity contribution in [3.8, 4) is 0 Å². The summed E-state index contributed by atoms with van der Waals surface area (Å²) in [4.78, 5) is 26.9. The Hall–Kier alpha value is -3.84. The van der Waals surface area contributed by atoms with Crippen LogP contribution in [0, 0.1) is 0 Å². The minimum absolute atomic E-state index is 0.331. The molecule has 2 aromatic carbocycles. The van der Waals surface area contributed by atoms with Gasteiger partial charge < -0.3 is 15.2 Å². The zero-order valence-electron chi connectivity index (χ0n) is 22.4. The number of nitrogens with one attached hydrogen (secondary N) is 3. The Morgan fingerprint density at radius 2 is 1.81 bits per heavy atom. The SMILES string of the molecule is C/C=C(\C)NC.C=CCc1ccccc1.O=CN(CCCCCCC(=O)NO)c1ccc2[nH]ccc2c1. The fraction of sp³-hybridized carbons (Fsp3) is 0.333. The number of allylic oxidation sites excluding steroid dienone is 3. The molecule has 4 N–H and O–H groups in total. The molecule has 37 heavy (non-hydrogen) atoms. The third-order valence-electron chi connectivity index (χ3n) is 5.72. The van der Waals surface area contributed by atoms with Gasteiger partial charge in [-0.15, -0.1) is 6.58 Å². The lowest BCUT2D eigenvalue weighted by Crippen LogP contribution is -2.22. The van der Waals surface area contributed by atoms with E-state index in [0.717, 1.165) is 55.1 Å². The van der Waals surface area contributed by atoms with Crippen molar-refractivity contribution in [1.82, 2.24) is 15.8 Å². The number of amides is 2. The van der Waals surface area contributed by atoms with Crippen LogP contribution in [0.2, 0.25) is 0 Å². The number of H-pyrrole nitrogens is 1. The van der Waals surface area contributed by atoms with Gasteiger partial charge >= 0.3 is 0 Å². The second-order valence-electron chi connectivity index (χ2n) is 8.45. The number of aromatic nitrogens is 1. The Labute approximate surface area is 221 Å². The van der Waals surface area contributed by atoms with Gasteiger partial charge in [-0.2, -0.15) is 0 Å². The summed E-state index contributed by atoms with van der Waals surface area (Å²) in [5, 5.41) is 12.4. The molecular weight excluding hydrogens is 464 g/mol. The van der Waals surface area contributed by atoms with Crippen LogP contribution in [-0.2, 0) is 16.0 Å². The predicted octanol–water partition coefficient (Wildman–Crippen LogP) is 6.13. The van der Waals surface area contributed by atoms with Gasteiger partial charge in [0.05, 0.1) is 0 Å². The van der Waals surface area contributed by atoms with Gasteiger partial charge in [0.2, 0.25) is 12.3 Å². The number of hydroxylamine groups is 1. The van der Waals surface area contributed by atoms with E-state index in [0.29, 0.717) is 13.0 Å². The number of carbonyl (C=O) groups is 2. The average molecular weight is 507 g/mol. The lowest BCUT2D eigenvalue weighted by Gasteiger charge is -2.17. The van der Waals surface area contributed by atoms with E-state index in [1.165, 1.54) is 11.3 Å². The summed E-state index contributed by atoms with van der Waals surface area (Å²) in [5.41, 5.74) is 6.11. The minimum Gasteiger partial charge on any atom is -0.392 e. The number of fused-ring (bicyclic) bond motifs is 1. The van der Waals surface area contributed by atoms with Crippen LogP contribution in [0.4, 0.5) is 5.69 Å². The van der Waals surface area contributed by atoms with E-state index in [4.69, 9.17) is 5.21 Å². The Morgan fingerprint density at radius 3 is 2.41 bits per heavy atom. The summed E-state index contributed by atoms with van der Waals surface area (Å²) in [6.45, 7) is 8.35. The van der Waals surface area contributed by atoms with Crippen molar-refractivity contribution in [2.45, 2.75) is 52.4 Å². The Morgan fingerprint density at radius 1 is 1.08 bits per heavy atom. The number of anilines is 1. The highest BCUT2D eigenvalue weighted by Gasteiger charge is 2.06. The van der Waals surface area contributed by atoms with E-state index in [1.54, 1.807) is 10.4 Å². The topological polar surface area (TPSA) is 97.5 Å². The van der Waals surface area contributed by atoms with Crippen molar-refractivity contribution in [3.63, 3.8) is 0 Å². The third kappa shape index (κ3) is 13.2. The molecule has 1 aromatic heterocycles. The molecule has 0 atom stereocenters. The minimum atomic E-state index is -0.352. The fourth-order valence-corrected chi connectivity index (χ4v) is 3.36. The highest BCUT2D eigenvalue weighted by molar-refractivity contribution is 5.86. The van der Waals surface area contributed by atoms with Crippen molar-refractivity contribution < 1.29 is 14.8 Å². The molecule has 7 nitrogen and oxygen atoms in total. The Balaban J connectivity index is 0.000000373. The van der Waals surface area contributed by atoms with Gasteiger partial charge in [0, 0.05) is 48.5 Å². The first-order valence-corrected chi connectivity index (χ1v) is 12.7. The van der Waals surface area contributed by atoms with Crippen LogP contribution < -0.4 is 15.7 Å². The highest BCUT2D eigenvalue weighted by Crippen LogP contribution is 2.21. The number of aromatic amines is 1. The molecule has 7 heteroatoms. The second-order valence-corrected chi connectivity index (χ2v) is 8.45. The number of benzene rings is 2. The summed E-state index contributed by atoms with van der Waals surface area (Å²) in [6.07, 6.45) is 11.4. The number of hydrogen-bond acceptors (Lipinski definition) is 4. The molecule has 0 aliphatic carbocycles. The molecule has 0 fully saturated rings. The summed E-state index contributed by atoms with van der Waals surface area (Å²) < 4.78 is 0. The van der Waals surface area contributed by atoms with E-state index in [9.17, 15) is 9.59 Å². The largest absolute Gasteiger partial charge is 0.392 e. The van der Waals surface area contributed by atoms with Gasteiger partial charge in [0.15, 0.2) is 0 Å². The molecule has 0 aliphatic rings. The maximum Gasteiger partial charge on any atom is 0.243 e. The van der Waals surface area contributed by atoms with Crippen molar-refractivity contribution in [3.05, 3.63) is 90.8 Å². The number of nitrogens with zero attached hydrogens (tertiary/aromatic N) is 1. The van der Waals surface area contributed by atoms with Crippen molar-refractivity contribution in [2.24, 2.45) is 0 Å². The van der Waals surface area contributed by atoms with Crippen LogP contribution >= 0.6 is 0 Å². The molecule has 2 amide bonds. The summed E-state index contributed by atoms with van der Waals surface area (Å²) >= 11 is 0. The fourth-order valence-electron chi connectivity index (χ4n) is 3.36. The maximum atomic E-state index is 11.3. The summed E-state index contributed by atoms with van der Waals surface area (Å²) in [5.74, 6) is -0.352. The molecule has 0 saturated carbocycles. The van der Waals surface area contributed by atoms with E-state index < -0.39 is 0 Å². The third-order valence-corrected chi connectivity index (χ3v) is 5.72. The zero-order chi connectivity index (χ0) is 27.3. The van der Waals surface area contributed by atoms with Crippen LogP contribution in [0.15, 0.2) is 85.2 Å². The number of rotatable bonds is 12. The summed E-state index contributed by atoms with van der Waals surface area (Å²) in [6, 6.07) is 18.2. The molecule has 0 radical (unpaired) electrons. The quantitative estimate of drug-likeness (QED) is 0.0781. The van der Waals surface area contributed by atoms with Gasteiger partial charge in [-0.25, -0.2) is 5.48 Å². The molecule has 0 spiro atoms. The van der Waals surface area contributed by atoms with Crippen LogP contribution in [0.5, 0.6) is 0 Å². The predicted molar refractivity (Wildman–Crippen MR) is 154 cm³/mol. The van der Waals surface area contributed by atoms with Gasteiger partial charge in [-0.3, -0.25) is 14.8 Å². The molecule has 0 unspecified atom stereocenters. The van der Waals surface area contributed by atoms with Crippen molar-refractivity contribution >= 4 is 28.9 Å². The lowest BCUT2D eigenvalue weighted by atomic mass is 10.1. The maximum absolute atomic E-state index is 11.3. The molecule has 0 bridgehead atoms. The molecule has 0 aliphatic heterocycles. The standard InChI is InChI=1S/C16H21N3O3.C9H10.C5H11N/c20-12-19(10-4-2-1-3-5-16(21)18-22)14-6-7-15-13(11-14)8-9-17-15;1-2-6-9-7-4-3-5-8-9;1-4-5(2)6-3/h6-9,11-12,17,22H,1-5,10H2,(H,18,21);2-5,7-8H,1,6H2;4,6H,1-3H3/b;;5-4+. The molecule has 3 aromatic rings. The Kier molecular flexibility index (Phi) is 16.3. The molecule has 0 saturated heterocycles. The van der Waals surface area contributed by atoms with E-state index in [-0.39, 0.29) is 5.91 Å². The Bertz CT molecular complexity index is 1080. The average Bonchev–Trinajstić information content (AvgIpc) is 3.41. The van der Waals surface area contributed by atoms with Crippen LogP contribution in [-0.4, -0.2) is 36.1 Å². The number of unbranched alkanes of at least 4 members (excludes halogenated alkanes) is 3. The number of hydrogen-bond donors (Lipinski definition) is 4. The first-order valence-electron chi connectivity index (χ1n) is 12.7. The van der Waals surface area contributed by atoms with E-state index in [1.807, 2.05) is 81.7 Å². The van der Waals surface area contributed by atoms with Crippen molar-refractivity contribution in [2.75, 3.05) is 18.5 Å². The van der Waals surface area contributed by atoms with E-state index in [2.05, 4.69) is 29.0 Å². The first kappa shape index (κ1) is 31.2. The molecule has 3 rings (SSSR count). The van der Waals surface area contributed by atoms with Gasteiger partial charge in [0.25, 0.3) is 0 Å². The highest BCUT2D eigenvalue weighted by atomic mass is 16.5. The van der Waals surface area contributed by atoms with Gasteiger partial charge in [-0.05, 0) is 62.9 Å². The lowest BCUT2D eigenvalue weighted by molar-refractivity contribution is -0.129. The monoisotopic (exact) mass is 506 g/mol. The molecular formula is C30H42N4O3. The van der Waals surface area contributed by atoms with Crippen LogP contribution in [0.1, 0.15) is 51.5 Å². The van der Waals surface area contributed by atoms with Gasteiger partial charge in [0.1, 0.15) is 0 Å². The smallest absolute Gasteiger partial charge is 0.243 e. The van der Waals surface area contributed by atoms with Crippen molar-refractivity contribution in [1.29, 1.82) is 0 Å². The second kappa shape index (κ2) is 19.4. The molecule has 1 heterocycles. The number of carbonyl (C=O) groups excluding carboxylic acids is 2. The zero-order valence-corrected chi connectivity index (χ0v) is 22.4. The normalized spacial score (nSPS) is 10.3. The van der Waals surface area contributed by atoms with E-state index >= 15 is 0 Å². The van der Waals surface area contributed by atoms with Crippen LogP contribution in [0.3, 0.4) is 0 Å². The van der Waals surface area contributed by atoms with Crippen LogP contribution in [0.25, 0.3) is 10.9 Å². The first-order chi connectivity index (χ1) is 18.0. The summed E-state index contributed by atoms with van der Waals surface area (Å²) in [7, 11) is 1.91. The van der Waals surface area contributed by atoms with Gasteiger partial charge in [-0.1, -0.05) is 55.3 Å².